The highest BCUT2D eigenvalue weighted by Gasteiger charge is 2.29. The summed E-state index contributed by atoms with van der Waals surface area (Å²) in [7, 11) is -3.35. The van der Waals surface area contributed by atoms with Crippen molar-refractivity contribution < 1.29 is 8.42 Å². The molecule has 0 unspecified atom stereocenters. The molecule has 1 aliphatic rings. The number of hydrogen-bond donors (Lipinski definition) is 1. The molecule has 1 fully saturated rings. The monoisotopic (exact) mass is 310 g/mol. The van der Waals surface area contributed by atoms with Gasteiger partial charge in [-0.1, -0.05) is 19.9 Å². The lowest BCUT2D eigenvalue weighted by Crippen LogP contribution is -2.29. The number of nitrogens with zero attached hydrogens (tertiary/aromatic N) is 1. The van der Waals surface area contributed by atoms with Crippen LogP contribution in [-0.2, 0) is 16.6 Å². The third-order valence-electron chi connectivity index (χ3n) is 4.08. The van der Waals surface area contributed by atoms with Crippen molar-refractivity contribution in [1.82, 2.24) is 9.62 Å². The largest absolute Gasteiger partial charge is 0.310 e. The van der Waals surface area contributed by atoms with Gasteiger partial charge in [0.05, 0.1) is 4.90 Å². The second kappa shape index (κ2) is 6.46. The van der Waals surface area contributed by atoms with Crippen molar-refractivity contribution in [3.8, 4) is 0 Å². The summed E-state index contributed by atoms with van der Waals surface area (Å²) < 4.78 is 27.2. The molecular formula is C16H26N2O2S. The number of hydrogen-bond acceptors (Lipinski definition) is 3. The van der Waals surface area contributed by atoms with E-state index in [9.17, 15) is 8.42 Å². The molecule has 118 valence electrons. The molecular weight excluding hydrogens is 284 g/mol. The Kier molecular flexibility index (Phi) is 5.07. The maximum absolute atomic E-state index is 12.8. The zero-order valence-electron chi connectivity index (χ0n) is 13.4. The summed E-state index contributed by atoms with van der Waals surface area (Å²) in [6.45, 7) is 10.0. The molecule has 1 heterocycles. The Labute approximate surface area is 128 Å². The van der Waals surface area contributed by atoms with E-state index < -0.39 is 10.0 Å². The highest BCUT2D eigenvalue weighted by molar-refractivity contribution is 7.89. The summed E-state index contributed by atoms with van der Waals surface area (Å²) in [5, 5.41) is 3.35. The quantitative estimate of drug-likeness (QED) is 0.909. The van der Waals surface area contributed by atoms with Crippen LogP contribution in [-0.4, -0.2) is 31.9 Å². The maximum atomic E-state index is 12.8. The van der Waals surface area contributed by atoms with Crippen LogP contribution in [0.3, 0.4) is 0 Å². The molecule has 0 aromatic heterocycles. The minimum absolute atomic E-state index is 0.380. The predicted octanol–water partition coefficient (Wildman–Crippen LogP) is 2.59. The first kappa shape index (κ1) is 16.5. The lowest BCUT2D eigenvalue weighted by atomic mass is 10.1. The fourth-order valence-electron chi connectivity index (χ4n) is 2.66. The van der Waals surface area contributed by atoms with E-state index in [-0.39, 0.29) is 0 Å². The molecule has 0 aliphatic carbocycles. The molecule has 1 aromatic carbocycles. The Bertz CT molecular complexity index is 603. The Morgan fingerprint density at radius 3 is 2.38 bits per heavy atom. The van der Waals surface area contributed by atoms with E-state index in [1.54, 1.807) is 4.31 Å². The average Bonchev–Trinajstić information content (AvgIpc) is 2.94. The van der Waals surface area contributed by atoms with Crippen molar-refractivity contribution in [3.05, 3.63) is 28.8 Å². The van der Waals surface area contributed by atoms with Crippen molar-refractivity contribution in [1.29, 1.82) is 0 Å². The SMILES string of the molecule is Cc1cc(CNC(C)C)cc(S(=O)(=O)N2CCCC2)c1C. The lowest BCUT2D eigenvalue weighted by molar-refractivity contribution is 0.476. The van der Waals surface area contributed by atoms with E-state index in [4.69, 9.17) is 0 Å². The van der Waals surface area contributed by atoms with Crippen LogP contribution < -0.4 is 5.32 Å². The minimum atomic E-state index is -3.35. The van der Waals surface area contributed by atoms with Crippen LogP contribution in [0.15, 0.2) is 17.0 Å². The zero-order chi connectivity index (χ0) is 15.6. The highest BCUT2D eigenvalue weighted by Crippen LogP contribution is 2.26. The number of benzene rings is 1. The molecule has 0 amide bonds. The third kappa shape index (κ3) is 3.65. The smallest absolute Gasteiger partial charge is 0.243 e. The molecule has 2 rings (SSSR count). The minimum Gasteiger partial charge on any atom is -0.310 e. The second-order valence-electron chi connectivity index (χ2n) is 6.18. The molecule has 21 heavy (non-hydrogen) atoms. The fourth-order valence-corrected chi connectivity index (χ4v) is 4.52. The fraction of sp³-hybridized carbons (Fsp3) is 0.625. The van der Waals surface area contributed by atoms with E-state index >= 15 is 0 Å². The van der Waals surface area contributed by atoms with Gasteiger partial charge in [-0.3, -0.25) is 0 Å². The first-order valence-corrected chi connectivity index (χ1v) is 9.10. The number of aryl methyl sites for hydroxylation is 1. The summed E-state index contributed by atoms with van der Waals surface area (Å²) in [5.41, 5.74) is 2.94. The van der Waals surface area contributed by atoms with Crippen molar-refractivity contribution in [3.63, 3.8) is 0 Å². The van der Waals surface area contributed by atoms with Gasteiger partial charge in [0.2, 0.25) is 10.0 Å². The third-order valence-corrected chi connectivity index (χ3v) is 6.10. The van der Waals surface area contributed by atoms with Gasteiger partial charge in [0, 0.05) is 25.7 Å². The first-order valence-electron chi connectivity index (χ1n) is 7.66. The van der Waals surface area contributed by atoms with Gasteiger partial charge in [0.1, 0.15) is 0 Å². The first-order chi connectivity index (χ1) is 9.82. The van der Waals surface area contributed by atoms with Gasteiger partial charge >= 0.3 is 0 Å². The van der Waals surface area contributed by atoms with Gasteiger partial charge in [-0.05, 0) is 49.4 Å². The Morgan fingerprint density at radius 1 is 1.19 bits per heavy atom. The van der Waals surface area contributed by atoms with E-state index in [1.165, 1.54) is 0 Å². The van der Waals surface area contributed by atoms with Crippen LogP contribution in [0.1, 0.15) is 43.4 Å². The van der Waals surface area contributed by atoms with Crippen molar-refractivity contribution in [2.45, 2.75) is 58.0 Å². The molecule has 1 aromatic rings. The van der Waals surface area contributed by atoms with Crippen LogP contribution in [0.4, 0.5) is 0 Å². The van der Waals surface area contributed by atoms with Gasteiger partial charge in [0.25, 0.3) is 0 Å². The molecule has 0 saturated carbocycles. The van der Waals surface area contributed by atoms with Crippen molar-refractivity contribution >= 4 is 10.0 Å². The number of nitrogens with one attached hydrogen (secondary N) is 1. The van der Waals surface area contributed by atoms with Crippen LogP contribution in [0, 0.1) is 13.8 Å². The average molecular weight is 310 g/mol. The second-order valence-corrected chi connectivity index (χ2v) is 8.09. The van der Waals surface area contributed by atoms with E-state index in [2.05, 4.69) is 25.2 Å². The number of rotatable bonds is 5. The van der Waals surface area contributed by atoms with Gasteiger partial charge < -0.3 is 5.32 Å². The standard InChI is InChI=1S/C16H26N2O2S/c1-12(2)17-11-15-9-13(3)14(4)16(10-15)21(19,20)18-7-5-6-8-18/h9-10,12,17H,5-8,11H2,1-4H3. The van der Waals surface area contributed by atoms with Crippen LogP contribution in [0.5, 0.6) is 0 Å². The van der Waals surface area contributed by atoms with Crippen LogP contribution in [0.2, 0.25) is 0 Å². The molecule has 0 radical (unpaired) electrons. The summed E-state index contributed by atoms with van der Waals surface area (Å²) in [6, 6.07) is 4.30. The van der Waals surface area contributed by atoms with Crippen LogP contribution in [0.25, 0.3) is 0 Å². The molecule has 0 bridgehead atoms. The van der Waals surface area contributed by atoms with Crippen LogP contribution >= 0.6 is 0 Å². The van der Waals surface area contributed by atoms with E-state index in [0.29, 0.717) is 30.6 Å². The molecule has 1 aliphatic heterocycles. The predicted molar refractivity (Wildman–Crippen MR) is 85.9 cm³/mol. The number of sulfonamides is 1. The summed E-state index contributed by atoms with van der Waals surface area (Å²) in [6.07, 6.45) is 1.93. The van der Waals surface area contributed by atoms with E-state index in [0.717, 1.165) is 29.5 Å². The maximum Gasteiger partial charge on any atom is 0.243 e. The Balaban J connectivity index is 2.37. The van der Waals surface area contributed by atoms with Gasteiger partial charge in [-0.15, -0.1) is 0 Å². The topological polar surface area (TPSA) is 49.4 Å². The van der Waals surface area contributed by atoms with Gasteiger partial charge in [-0.2, -0.15) is 4.31 Å². The molecule has 5 heteroatoms. The summed E-state index contributed by atoms with van der Waals surface area (Å²) in [4.78, 5) is 0.477. The lowest BCUT2D eigenvalue weighted by Gasteiger charge is -2.19. The van der Waals surface area contributed by atoms with Gasteiger partial charge in [0.15, 0.2) is 0 Å². The van der Waals surface area contributed by atoms with Gasteiger partial charge in [-0.25, -0.2) is 8.42 Å². The van der Waals surface area contributed by atoms with Crippen molar-refractivity contribution in [2.75, 3.05) is 13.1 Å². The molecule has 1 saturated heterocycles. The normalized spacial score (nSPS) is 16.8. The zero-order valence-corrected chi connectivity index (χ0v) is 14.3. The summed E-state index contributed by atoms with van der Waals surface area (Å²) >= 11 is 0. The molecule has 4 nitrogen and oxygen atoms in total. The Morgan fingerprint density at radius 2 is 1.81 bits per heavy atom. The molecule has 0 spiro atoms. The molecule has 0 atom stereocenters. The molecule has 1 N–H and O–H groups in total. The Hall–Kier alpha value is -0.910. The summed E-state index contributed by atoms with van der Waals surface area (Å²) in [5.74, 6) is 0. The highest BCUT2D eigenvalue weighted by atomic mass is 32.2. The van der Waals surface area contributed by atoms with Crippen molar-refractivity contribution in [2.24, 2.45) is 0 Å². The van der Waals surface area contributed by atoms with E-state index in [1.807, 2.05) is 19.9 Å².